The van der Waals surface area contributed by atoms with Gasteiger partial charge in [-0.2, -0.15) is 0 Å². The van der Waals surface area contributed by atoms with Crippen molar-refractivity contribution in [1.29, 1.82) is 0 Å². The number of hydrogen-bond donors (Lipinski definition) is 1. The van der Waals surface area contributed by atoms with Crippen LogP contribution in [0.15, 0.2) is 30.4 Å². The Morgan fingerprint density at radius 1 is 1.03 bits per heavy atom. The second kappa shape index (κ2) is 7.94. The number of nitrogens with zero attached hydrogens (tertiary/aromatic N) is 1. The quantitative estimate of drug-likeness (QED) is 0.431. The molecular formula is C24H28N2O5. The number of nitrogens with one attached hydrogen (secondary N) is 1. The van der Waals surface area contributed by atoms with Crippen molar-refractivity contribution in [2.45, 2.75) is 40.2 Å². The highest BCUT2D eigenvalue weighted by Crippen LogP contribution is 2.53. The highest BCUT2D eigenvalue weighted by atomic mass is 16.5. The van der Waals surface area contributed by atoms with E-state index in [0.717, 1.165) is 22.4 Å². The van der Waals surface area contributed by atoms with Crippen LogP contribution in [0.1, 0.15) is 31.4 Å². The van der Waals surface area contributed by atoms with Gasteiger partial charge >= 0.3 is 5.97 Å². The van der Waals surface area contributed by atoms with Crippen LogP contribution in [0.2, 0.25) is 0 Å². The average molecular weight is 424 g/mol. The molecule has 1 N–H and O–H groups in total. The van der Waals surface area contributed by atoms with Crippen molar-refractivity contribution < 1.29 is 23.9 Å². The first-order valence-electron chi connectivity index (χ1n) is 10.8. The summed E-state index contributed by atoms with van der Waals surface area (Å²) in [4.78, 5) is 52.4. The summed E-state index contributed by atoms with van der Waals surface area (Å²) in [6, 6.07) is 4.61. The number of anilines is 1. The Labute approximate surface area is 181 Å². The van der Waals surface area contributed by atoms with E-state index in [4.69, 9.17) is 4.74 Å². The van der Waals surface area contributed by atoms with E-state index in [-0.39, 0.29) is 41.4 Å². The summed E-state index contributed by atoms with van der Waals surface area (Å²) >= 11 is 0. The topological polar surface area (TPSA) is 92.8 Å². The predicted octanol–water partition coefficient (Wildman–Crippen LogP) is 2.62. The molecule has 2 fully saturated rings. The Morgan fingerprint density at radius 3 is 2.10 bits per heavy atom. The van der Waals surface area contributed by atoms with Crippen molar-refractivity contribution in [2.24, 2.45) is 29.6 Å². The van der Waals surface area contributed by atoms with E-state index in [2.05, 4.69) is 5.32 Å². The van der Waals surface area contributed by atoms with Gasteiger partial charge < -0.3 is 10.1 Å². The van der Waals surface area contributed by atoms with E-state index in [1.165, 1.54) is 0 Å². The fraction of sp³-hybridized carbons (Fsp3) is 0.500. The largest absolute Gasteiger partial charge is 0.454 e. The van der Waals surface area contributed by atoms with Crippen molar-refractivity contribution in [3.8, 4) is 0 Å². The van der Waals surface area contributed by atoms with Crippen LogP contribution in [0, 0.1) is 43.4 Å². The molecule has 1 saturated heterocycles. The number of rotatable bonds is 6. The van der Waals surface area contributed by atoms with Gasteiger partial charge in [-0.05, 0) is 61.3 Å². The van der Waals surface area contributed by atoms with Crippen LogP contribution in [0.25, 0.3) is 0 Å². The number of aryl methyl sites for hydroxylation is 2. The SMILES string of the molecule is Cc1cc(C)cc(NC(=O)COC(=O)[C@H](C(C)C)N2C(=O)[C@@H]3[C@H](C2=O)[C@H]2C=C[C@H]3C2)c1. The minimum Gasteiger partial charge on any atom is -0.454 e. The molecule has 7 heteroatoms. The molecule has 2 aliphatic carbocycles. The van der Waals surface area contributed by atoms with Gasteiger partial charge in [0, 0.05) is 5.69 Å². The molecule has 7 nitrogen and oxygen atoms in total. The Morgan fingerprint density at radius 2 is 1.58 bits per heavy atom. The maximum absolute atomic E-state index is 13.1. The first-order chi connectivity index (χ1) is 14.7. The third-order valence-corrected chi connectivity index (χ3v) is 6.51. The van der Waals surface area contributed by atoms with Crippen LogP contribution < -0.4 is 5.32 Å². The zero-order chi connectivity index (χ0) is 22.4. The first-order valence-corrected chi connectivity index (χ1v) is 10.8. The van der Waals surface area contributed by atoms with E-state index in [1.54, 1.807) is 13.8 Å². The summed E-state index contributed by atoms with van der Waals surface area (Å²) in [7, 11) is 0. The molecule has 164 valence electrons. The summed E-state index contributed by atoms with van der Waals surface area (Å²) < 4.78 is 5.25. The van der Waals surface area contributed by atoms with Gasteiger partial charge in [-0.3, -0.25) is 19.3 Å². The van der Waals surface area contributed by atoms with Gasteiger partial charge in [-0.15, -0.1) is 0 Å². The summed E-state index contributed by atoms with van der Waals surface area (Å²) in [6.07, 6.45) is 4.86. The number of carbonyl (C=O) groups is 4. The number of allylic oxidation sites excluding steroid dienone is 2. The fourth-order valence-corrected chi connectivity index (χ4v) is 5.34. The van der Waals surface area contributed by atoms with E-state index in [1.807, 2.05) is 44.2 Å². The molecule has 1 heterocycles. The summed E-state index contributed by atoms with van der Waals surface area (Å²) in [5.74, 6) is -2.70. The minimum absolute atomic E-state index is 0.0730. The van der Waals surface area contributed by atoms with E-state index in [9.17, 15) is 19.2 Å². The smallest absolute Gasteiger partial charge is 0.330 e. The second-order valence-electron chi connectivity index (χ2n) is 9.27. The summed E-state index contributed by atoms with van der Waals surface area (Å²) in [5.41, 5.74) is 2.64. The van der Waals surface area contributed by atoms with Gasteiger partial charge in [-0.1, -0.05) is 32.1 Å². The molecule has 1 aromatic carbocycles. The molecule has 31 heavy (non-hydrogen) atoms. The van der Waals surface area contributed by atoms with Crippen molar-refractivity contribution in [1.82, 2.24) is 4.90 Å². The molecule has 3 amide bonds. The lowest BCUT2D eigenvalue weighted by atomic mass is 9.85. The molecule has 0 radical (unpaired) electrons. The number of benzene rings is 1. The van der Waals surface area contributed by atoms with Crippen LogP contribution in [0.5, 0.6) is 0 Å². The molecule has 0 spiro atoms. The van der Waals surface area contributed by atoms with Crippen LogP contribution in [0.4, 0.5) is 5.69 Å². The number of esters is 1. The Kier molecular flexibility index (Phi) is 5.45. The lowest BCUT2D eigenvalue weighted by Crippen LogP contribution is -2.50. The molecule has 5 atom stereocenters. The molecule has 1 aromatic rings. The first kappa shape index (κ1) is 21.3. The lowest BCUT2D eigenvalue weighted by molar-refractivity contribution is -0.162. The highest BCUT2D eigenvalue weighted by Gasteiger charge is 2.61. The third kappa shape index (κ3) is 3.77. The zero-order valence-corrected chi connectivity index (χ0v) is 18.3. The van der Waals surface area contributed by atoms with Crippen LogP contribution in [-0.2, 0) is 23.9 Å². The lowest BCUT2D eigenvalue weighted by Gasteiger charge is -2.28. The Bertz CT molecular complexity index is 932. The molecular weight excluding hydrogens is 396 g/mol. The monoisotopic (exact) mass is 424 g/mol. The second-order valence-corrected chi connectivity index (χ2v) is 9.27. The van der Waals surface area contributed by atoms with Crippen molar-refractivity contribution in [2.75, 3.05) is 11.9 Å². The summed E-state index contributed by atoms with van der Waals surface area (Å²) in [5, 5.41) is 2.71. The molecule has 1 aliphatic heterocycles. The van der Waals surface area contributed by atoms with E-state index in [0.29, 0.717) is 5.69 Å². The number of hydrogen-bond acceptors (Lipinski definition) is 5. The van der Waals surface area contributed by atoms with Gasteiger partial charge in [0.2, 0.25) is 11.8 Å². The number of ether oxygens (including phenoxy) is 1. The molecule has 4 rings (SSSR count). The number of likely N-dealkylation sites (tertiary alicyclic amines) is 1. The molecule has 0 unspecified atom stereocenters. The van der Waals surface area contributed by atoms with Gasteiger partial charge in [-0.25, -0.2) is 4.79 Å². The molecule has 2 bridgehead atoms. The van der Waals surface area contributed by atoms with Crippen LogP contribution in [-0.4, -0.2) is 41.2 Å². The van der Waals surface area contributed by atoms with E-state index >= 15 is 0 Å². The maximum atomic E-state index is 13.1. The fourth-order valence-electron chi connectivity index (χ4n) is 5.34. The molecule has 3 aliphatic rings. The summed E-state index contributed by atoms with van der Waals surface area (Å²) in [6.45, 7) is 6.91. The third-order valence-electron chi connectivity index (χ3n) is 6.51. The Hall–Kier alpha value is -2.96. The normalized spacial score (nSPS) is 27.1. The zero-order valence-electron chi connectivity index (χ0n) is 18.3. The van der Waals surface area contributed by atoms with Crippen molar-refractivity contribution >= 4 is 29.4 Å². The average Bonchev–Trinajstić information content (AvgIpc) is 3.35. The number of amides is 3. The van der Waals surface area contributed by atoms with Crippen molar-refractivity contribution in [3.63, 3.8) is 0 Å². The van der Waals surface area contributed by atoms with Crippen LogP contribution in [0.3, 0.4) is 0 Å². The van der Waals surface area contributed by atoms with E-state index < -0.39 is 24.5 Å². The minimum atomic E-state index is -1.03. The standard InChI is InChI=1S/C24H28N2O5/c1-12(2)21(26-22(28)19-15-5-6-16(10-15)20(19)23(26)29)24(30)31-11-18(27)25-17-8-13(3)7-14(4)9-17/h5-9,12,15-16,19-21H,10-11H2,1-4H3,(H,25,27)/t15-,16-,19-,20+,21-/m0/s1. The van der Waals surface area contributed by atoms with Crippen molar-refractivity contribution in [3.05, 3.63) is 41.5 Å². The predicted molar refractivity (Wildman–Crippen MR) is 114 cm³/mol. The molecule has 1 saturated carbocycles. The van der Waals surface area contributed by atoms with Gasteiger partial charge in [0.05, 0.1) is 11.8 Å². The number of imide groups is 1. The van der Waals surface area contributed by atoms with Gasteiger partial charge in [0.15, 0.2) is 6.61 Å². The van der Waals surface area contributed by atoms with Crippen LogP contribution >= 0.6 is 0 Å². The number of carbonyl (C=O) groups excluding carboxylic acids is 4. The Balaban J connectivity index is 1.42. The maximum Gasteiger partial charge on any atom is 0.330 e. The van der Waals surface area contributed by atoms with Gasteiger partial charge in [0.1, 0.15) is 6.04 Å². The van der Waals surface area contributed by atoms with Gasteiger partial charge in [0.25, 0.3) is 5.91 Å². The number of fused-ring (bicyclic) bond motifs is 5. The molecule has 0 aromatic heterocycles. The highest BCUT2D eigenvalue weighted by molar-refractivity contribution is 6.09.